The Kier molecular flexibility index (Phi) is 34.0. The molecule has 0 unspecified atom stereocenters. The number of allylic oxidation sites excluding steroid dienone is 1. The van der Waals surface area contributed by atoms with E-state index in [1.807, 2.05) is 6.08 Å². The molecule has 1 amide bonds. The van der Waals surface area contributed by atoms with Crippen molar-refractivity contribution in [3.05, 3.63) is 12.2 Å². The number of nitrogens with one attached hydrogen (secondary N) is 1. The van der Waals surface area contributed by atoms with Gasteiger partial charge < -0.3 is 10.4 Å². The fourth-order valence-electron chi connectivity index (χ4n) is 6.05. The van der Waals surface area contributed by atoms with Gasteiger partial charge in [0.2, 0.25) is 5.91 Å². The molecule has 0 aliphatic carbocycles. The molecule has 0 radical (unpaired) electrons. The number of hydrogen-bond acceptors (Lipinski definition) is 2. The average molecular weight is 592 g/mol. The van der Waals surface area contributed by atoms with Crippen molar-refractivity contribution in [1.82, 2.24) is 5.32 Å². The number of aliphatic hydroxyl groups excluding tert-OH is 1. The van der Waals surface area contributed by atoms with Crippen LogP contribution in [-0.4, -0.2) is 23.2 Å². The zero-order valence-corrected chi connectivity index (χ0v) is 29.1. The van der Waals surface area contributed by atoms with Gasteiger partial charge in [0.25, 0.3) is 0 Å². The Bertz CT molecular complexity index is 561. The molecule has 0 aromatic carbocycles. The van der Waals surface area contributed by atoms with Gasteiger partial charge in [-0.05, 0) is 25.7 Å². The quantitative estimate of drug-likeness (QED) is 0.0577. The smallest absolute Gasteiger partial charge is 0.220 e. The summed E-state index contributed by atoms with van der Waals surface area (Å²) in [5.74, 6) is 0.108. The summed E-state index contributed by atoms with van der Waals surface area (Å²) in [5.41, 5.74) is 0. The minimum absolute atomic E-state index is 0.108. The highest BCUT2D eigenvalue weighted by molar-refractivity contribution is 5.76. The lowest BCUT2D eigenvalue weighted by atomic mass is 10.0. The monoisotopic (exact) mass is 592 g/mol. The maximum absolute atomic E-state index is 12.5. The van der Waals surface area contributed by atoms with Crippen LogP contribution in [0.4, 0.5) is 0 Å². The number of amides is 1. The Morgan fingerprint density at radius 2 is 0.881 bits per heavy atom. The van der Waals surface area contributed by atoms with Gasteiger partial charge in [-0.15, -0.1) is 0 Å². The molecule has 0 heterocycles. The summed E-state index contributed by atoms with van der Waals surface area (Å²) in [5, 5.41) is 13.8. The molecule has 0 fully saturated rings. The van der Waals surface area contributed by atoms with Crippen molar-refractivity contribution in [2.24, 2.45) is 0 Å². The van der Waals surface area contributed by atoms with Gasteiger partial charge in [-0.25, -0.2) is 0 Å². The predicted octanol–water partition coefficient (Wildman–Crippen LogP) is 12.5. The fraction of sp³-hybridized carbons (Fsp3) is 0.923. The van der Waals surface area contributed by atoms with Gasteiger partial charge >= 0.3 is 0 Å². The summed E-state index contributed by atoms with van der Waals surface area (Å²) in [7, 11) is 0. The van der Waals surface area contributed by atoms with Gasteiger partial charge in [0.05, 0.1) is 12.1 Å². The Balaban J connectivity index is 3.69. The minimum atomic E-state index is -0.576. The van der Waals surface area contributed by atoms with E-state index in [-0.39, 0.29) is 11.9 Å². The molecule has 250 valence electrons. The summed E-state index contributed by atoms with van der Waals surface area (Å²) in [6.07, 6.45) is 43.4. The number of carbonyl (C=O) groups excluding carboxylic acids is 1. The summed E-state index contributed by atoms with van der Waals surface area (Å²) < 4.78 is 0. The van der Waals surface area contributed by atoms with Crippen molar-refractivity contribution < 1.29 is 9.90 Å². The van der Waals surface area contributed by atoms with Crippen LogP contribution in [-0.2, 0) is 4.79 Å². The van der Waals surface area contributed by atoms with Crippen LogP contribution in [0.15, 0.2) is 12.2 Å². The standard InChI is InChI=1S/C39H77NO2/c1-4-7-9-11-13-15-17-19-20-21-23-25-27-29-31-33-36-39(42)40-37(34-6-3)38(41)35-32-30-28-26-24-22-18-16-14-12-10-8-5-2/h32,35,37-38,41H,4-31,33-34,36H2,1-3H3,(H,40,42)/b35-32+/t37-,38+/m0/s1. The summed E-state index contributed by atoms with van der Waals surface area (Å²) in [4.78, 5) is 12.5. The highest BCUT2D eigenvalue weighted by Gasteiger charge is 2.18. The van der Waals surface area contributed by atoms with E-state index < -0.39 is 6.10 Å². The molecule has 0 rings (SSSR count). The average Bonchev–Trinajstić information content (AvgIpc) is 2.99. The molecule has 42 heavy (non-hydrogen) atoms. The van der Waals surface area contributed by atoms with Crippen LogP contribution in [0.5, 0.6) is 0 Å². The van der Waals surface area contributed by atoms with E-state index in [0.29, 0.717) is 6.42 Å². The third-order valence-corrected chi connectivity index (χ3v) is 8.92. The second kappa shape index (κ2) is 34.7. The maximum atomic E-state index is 12.5. The summed E-state index contributed by atoms with van der Waals surface area (Å²) >= 11 is 0. The highest BCUT2D eigenvalue weighted by atomic mass is 16.3. The van der Waals surface area contributed by atoms with Crippen LogP contribution < -0.4 is 5.32 Å². The van der Waals surface area contributed by atoms with Gasteiger partial charge in [-0.1, -0.05) is 200 Å². The van der Waals surface area contributed by atoms with Gasteiger partial charge in [0, 0.05) is 6.42 Å². The van der Waals surface area contributed by atoms with Crippen molar-refractivity contribution in [2.75, 3.05) is 0 Å². The van der Waals surface area contributed by atoms with Crippen molar-refractivity contribution in [3.63, 3.8) is 0 Å². The number of carbonyl (C=O) groups is 1. The lowest BCUT2D eigenvalue weighted by Gasteiger charge is -2.21. The van der Waals surface area contributed by atoms with Crippen molar-refractivity contribution in [2.45, 2.75) is 232 Å². The number of rotatable bonds is 34. The summed E-state index contributed by atoms with van der Waals surface area (Å²) in [6, 6.07) is -0.155. The van der Waals surface area contributed by atoms with E-state index in [1.165, 1.54) is 161 Å². The Morgan fingerprint density at radius 3 is 1.26 bits per heavy atom. The van der Waals surface area contributed by atoms with Crippen molar-refractivity contribution >= 4 is 5.91 Å². The van der Waals surface area contributed by atoms with Gasteiger partial charge in [0.15, 0.2) is 0 Å². The molecule has 0 saturated heterocycles. The SMILES string of the molecule is CCCCCCCCCCCCC/C=C/[C@@H](O)[C@H](CCC)NC(=O)CCCCCCCCCCCCCCCCCC. The van der Waals surface area contributed by atoms with E-state index in [0.717, 1.165) is 32.1 Å². The van der Waals surface area contributed by atoms with E-state index >= 15 is 0 Å². The second-order valence-corrected chi connectivity index (χ2v) is 13.3. The largest absolute Gasteiger partial charge is 0.387 e. The lowest BCUT2D eigenvalue weighted by Crippen LogP contribution is -2.42. The molecule has 0 saturated carbocycles. The van der Waals surface area contributed by atoms with Crippen LogP contribution in [0.2, 0.25) is 0 Å². The fourth-order valence-corrected chi connectivity index (χ4v) is 6.05. The maximum Gasteiger partial charge on any atom is 0.220 e. The van der Waals surface area contributed by atoms with Gasteiger partial charge in [0.1, 0.15) is 0 Å². The first-order valence-electron chi connectivity index (χ1n) is 19.3. The molecule has 3 nitrogen and oxygen atoms in total. The first-order chi connectivity index (χ1) is 20.7. The van der Waals surface area contributed by atoms with Crippen molar-refractivity contribution in [1.29, 1.82) is 0 Å². The van der Waals surface area contributed by atoms with Crippen LogP contribution in [0, 0.1) is 0 Å². The van der Waals surface area contributed by atoms with Crippen LogP contribution in [0.25, 0.3) is 0 Å². The van der Waals surface area contributed by atoms with E-state index in [9.17, 15) is 9.90 Å². The zero-order valence-electron chi connectivity index (χ0n) is 29.1. The first kappa shape index (κ1) is 41.2. The summed E-state index contributed by atoms with van der Waals surface area (Å²) in [6.45, 7) is 6.69. The molecule has 0 aliphatic rings. The Morgan fingerprint density at radius 1 is 0.524 bits per heavy atom. The molecular formula is C39H77NO2. The van der Waals surface area contributed by atoms with E-state index in [4.69, 9.17) is 0 Å². The normalized spacial score (nSPS) is 13.1. The highest BCUT2D eigenvalue weighted by Crippen LogP contribution is 2.15. The number of unbranched alkanes of at least 4 members (excludes halogenated alkanes) is 26. The Hall–Kier alpha value is -0.830. The van der Waals surface area contributed by atoms with Gasteiger partial charge in [-0.2, -0.15) is 0 Å². The van der Waals surface area contributed by atoms with E-state index in [2.05, 4.69) is 32.2 Å². The molecule has 0 aromatic rings. The number of hydrogen-bond donors (Lipinski definition) is 2. The van der Waals surface area contributed by atoms with Crippen LogP contribution >= 0.6 is 0 Å². The molecule has 0 bridgehead atoms. The lowest BCUT2D eigenvalue weighted by molar-refractivity contribution is -0.122. The molecule has 0 aromatic heterocycles. The predicted molar refractivity (Wildman–Crippen MR) is 187 cm³/mol. The molecule has 3 heteroatoms. The molecule has 2 atom stereocenters. The minimum Gasteiger partial charge on any atom is -0.387 e. The van der Waals surface area contributed by atoms with Crippen LogP contribution in [0.1, 0.15) is 220 Å². The molecule has 0 aliphatic heterocycles. The third-order valence-electron chi connectivity index (χ3n) is 8.92. The molecular weight excluding hydrogens is 514 g/mol. The van der Waals surface area contributed by atoms with E-state index in [1.54, 1.807) is 0 Å². The first-order valence-corrected chi connectivity index (χ1v) is 19.3. The Labute approximate surface area is 264 Å². The van der Waals surface area contributed by atoms with Crippen LogP contribution in [0.3, 0.4) is 0 Å². The topological polar surface area (TPSA) is 49.3 Å². The second-order valence-electron chi connectivity index (χ2n) is 13.3. The third kappa shape index (κ3) is 30.6. The van der Waals surface area contributed by atoms with Crippen molar-refractivity contribution in [3.8, 4) is 0 Å². The van der Waals surface area contributed by atoms with Gasteiger partial charge in [-0.3, -0.25) is 4.79 Å². The zero-order chi connectivity index (χ0) is 30.8. The molecule has 0 spiro atoms. The number of aliphatic hydroxyl groups is 1. The molecule has 2 N–H and O–H groups in total.